The molecule has 1 aromatic heterocycles. The number of ether oxygens (including phenoxy) is 1. The number of ketones is 1. The number of benzene rings is 1. The number of hydrogen-bond acceptors (Lipinski definition) is 6. The summed E-state index contributed by atoms with van der Waals surface area (Å²) < 4.78 is 5.81. The number of thioether (sulfide) groups is 1. The summed E-state index contributed by atoms with van der Waals surface area (Å²) in [5, 5.41) is 19.9. The van der Waals surface area contributed by atoms with Crippen molar-refractivity contribution in [2.24, 2.45) is 0 Å². The molecule has 0 unspecified atom stereocenters. The Labute approximate surface area is 162 Å². The van der Waals surface area contributed by atoms with Gasteiger partial charge in [0.15, 0.2) is 5.78 Å². The number of aromatic carboxylic acids is 1. The highest BCUT2D eigenvalue weighted by Crippen LogP contribution is 2.33. The van der Waals surface area contributed by atoms with Gasteiger partial charge in [-0.3, -0.25) is 4.79 Å². The number of carbonyl (C=O) groups excluding carboxylic acids is 1. The highest BCUT2D eigenvalue weighted by molar-refractivity contribution is 7.99. The molecule has 0 fully saturated rings. The van der Waals surface area contributed by atoms with Gasteiger partial charge in [-0.05, 0) is 44.0 Å². The quantitative estimate of drug-likeness (QED) is 0.357. The Kier molecular flexibility index (Phi) is 7.67. The number of nitrogens with zero attached hydrogens (tertiary/aromatic N) is 1. The summed E-state index contributed by atoms with van der Waals surface area (Å²) in [4.78, 5) is 26.5. The molecule has 0 radical (unpaired) electrons. The average molecular weight is 389 g/mol. The smallest absolute Gasteiger partial charge is 0.337 e. The number of pyridine rings is 1. The first-order chi connectivity index (χ1) is 12.9. The Morgan fingerprint density at radius 3 is 2.59 bits per heavy atom. The van der Waals surface area contributed by atoms with Gasteiger partial charge in [-0.1, -0.05) is 13.3 Å². The van der Waals surface area contributed by atoms with Crippen LogP contribution in [0.25, 0.3) is 0 Å². The van der Waals surface area contributed by atoms with Crippen molar-refractivity contribution in [3.8, 4) is 11.5 Å². The first-order valence-corrected chi connectivity index (χ1v) is 9.73. The van der Waals surface area contributed by atoms with Gasteiger partial charge in [0.1, 0.15) is 11.5 Å². The van der Waals surface area contributed by atoms with Gasteiger partial charge in [-0.15, -0.1) is 11.8 Å². The van der Waals surface area contributed by atoms with Crippen LogP contribution in [0.1, 0.15) is 53.0 Å². The molecule has 0 spiro atoms. The van der Waals surface area contributed by atoms with Gasteiger partial charge in [0.2, 0.25) is 0 Å². The fourth-order valence-electron chi connectivity index (χ4n) is 2.54. The second-order valence-electron chi connectivity index (χ2n) is 5.99. The summed E-state index contributed by atoms with van der Waals surface area (Å²) in [6.45, 7) is 3.90. The van der Waals surface area contributed by atoms with Gasteiger partial charge >= 0.3 is 5.97 Å². The van der Waals surface area contributed by atoms with Crippen LogP contribution < -0.4 is 4.74 Å². The summed E-state index contributed by atoms with van der Waals surface area (Å²) in [6.07, 6.45) is 3.57. The molecule has 0 aliphatic carbocycles. The molecule has 0 aliphatic heterocycles. The predicted octanol–water partition coefficient (Wildman–Crippen LogP) is 4.20. The molecule has 0 aliphatic rings. The van der Waals surface area contributed by atoms with E-state index in [1.165, 1.54) is 30.9 Å². The van der Waals surface area contributed by atoms with E-state index >= 15 is 0 Å². The normalized spacial score (nSPS) is 10.6. The molecule has 0 amide bonds. The Bertz CT molecular complexity index is 805. The topological polar surface area (TPSA) is 96.7 Å². The van der Waals surface area contributed by atoms with Crippen molar-refractivity contribution < 1.29 is 24.5 Å². The Morgan fingerprint density at radius 1 is 1.22 bits per heavy atom. The first-order valence-electron chi connectivity index (χ1n) is 8.74. The van der Waals surface area contributed by atoms with E-state index in [1.807, 2.05) is 6.92 Å². The monoisotopic (exact) mass is 389 g/mol. The van der Waals surface area contributed by atoms with Gasteiger partial charge in [-0.2, -0.15) is 0 Å². The van der Waals surface area contributed by atoms with E-state index in [-0.39, 0.29) is 17.1 Å². The van der Waals surface area contributed by atoms with Crippen LogP contribution in [0, 0.1) is 0 Å². The lowest BCUT2D eigenvalue weighted by Gasteiger charge is -2.14. The number of hydrogen-bond donors (Lipinski definition) is 2. The Morgan fingerprint density at radius 2 is 2.00 bits per heavy atom. The fraction of sp³-hybridized carbons (Fsp3) is 0.350. The number of carboxylic acids is 1. The summed E-state index contributed by atoms with van der Waals surface area (Å²) in [7, 11) is 0. The molecule has 2 aromatic rings. The minimum atomic E-state index is -0.991. The van der Waals surface area contributed by atoms with Gasteiger partial charge in [-0.25, -0.2) is 9.78 Å². The Balaban J connectivity index is 1.88. The van der Waals surface area contributed by atoms with Crippen LogP contribution in [0.4, 0.5) is 0 Å². The highest BCUT2D eigenvalue weighted by atomic mass is 32.2. The van der Waals surface area contributed by atoms with Crippen LogP contribution in [-0.4, -0.2) is 39.3 Å². The number of phenolic OH excluding ortho intramolecular Hbond substituents is 1. The van der Waals surface area contributed by atoms with Crippen LogP contribution >= 0.6 is 11.8 Å². The summed E-state index contributed by atoms with van der Waals surface area (Å²) >= 11 is 1.52. The fourth-order valence-corrected chi connectivity index (χ4v) is 3.30. The first kappa shape index (κ1) is 20.8. The van der Waals surface area contributed by atoms with Gasteiger partial charge in [0.05, 0.1) is 22.8 Å². The second kappa shape index (κ2) is 9.97. The van der Waals surface area contributed by atoms with Gasteiger partial charge < -0.3 is 14.9 Å². The molecule has 0 atom stereocenters. The molecule has 144 valence electrons. The van der Waals surface area contributed by atoms with Crippen molar-refractivity contribution in [3.63, 3.8) is 0 Å². The van der Waals surface area contributed by atoms with Crippen LogP contribution in [0.3, 0.4) is 0 Å². The SMILES string of the molecule is CCCc1c(OCCCSc2ccc(C(=O)O)cn2)ccc(C(C)=O)c1O. The van der Waals surface area contributed by atoms with E-state index in [4.69, 9.17) is 9.84 Å². The van der Waals surface area contributed by atoms with E-state index < -0.39 is 5.97 Å². The van der Waals surface area contributed by atoms with Crippen LogP contribution in [0.2, 0.25) is 0 Å². The lowest BCUT2D eigenvalue weighted by Crippen LogP contribution is -2.04. The summed E-state index contributed by atoms with van der Waals surface area (Å²) in [6, 6.07) is 6.55. The minimum absolute atomic E-state index is 0.0129. The molecule has 2 rings (SSSR count). The standard InChI is InChI=1S/C20H23NO5S/c1-3-5-16-17(8-7-15(13(2)22)19(16)23)26-10-4-11-27-18-9-6-14(12-21-18)20(24)25/h6-9,12,23H,3-5,10-11H2,1-2H3,(H,24,25). The van der Waals surface area contributed by atoms with Crippen molar-refractivity contribution in [2.45, 2.75) is 38.1 Å². The van der Waals surface area contributed by atoms with E-state index in [9.17, 15) is 14.7 Å². The van der Waals surface area contributed by atoms with Crippen molar-refractivity contribution in [2.75, 3.05) is 12.4 Å². The molecule has 0 saturated heterocycles. The van der Waals surface area contributed by atoms with Gasteiger partial charge in [0.25, 0.3) is 0 Å². The van der Waals surface area contributed by atoms with Gasteiger partial charge in [0, 0.05) is 17.5 Å². The van der Waals surface area contributed by atoms with Crippen LogP contribution in [0.5, 0.6) is 11.5 Å². The van der Waals surface area contributed by atoms with E-state index in [2.05, 4.69) is 4.98 Å². The highest BCUT2D eigenvalue weighted by Gasteiger charge is 2.15. The Hall–Kier alpha value is -2.54. The van der Waals surface area contributed by atoms with Crippen LogP contribution in [-0.2, 0) is 6.42 Å². The molecule has 1 heterocycles. The lowest BCUT2D eigenvalue weighted by molar-refractivity contribution is 0.0696. The maximum Gasteiger partial charge on any atom is 0.337 e. The third-order valence-corrected chi connectivity index (χ3v) is 4.93. The maximum atomic E-state index is 11.6. The zero-order valence-electron chi connectivity index (χ0n) is 15.4. The predicted molar refractivity (Wildman–Crippen MR) is 104 cm³/mol. The molecular weight excluding hydrogens is 366 g/mol. The van der Waals surface area contributed by atoms with Crippen LogP contribution in [0.15, 0.2) is 35.5 Å². The third kappa shape index (κ3) is 5.72. The number of aromatic hydroxyl groups is 1. The lowest BCUT2D eigenvalue weighted by atomic mass is 10.0. The zero-order valence-corrected chi connectivity index (χ0v) is 16.2. The zero-order chi connectivity index (χ0) is 19.8. The number of aromatic nitrogens is 1. The molecule has 2 N–H and O–H groups in total. The molecule has 0 bridgehead atoms. The molecule has 27 heavy (non-hydrogen) atoms. The molecule has 0 saturated carbocycles. The molecule has 6 nitrogen and oxygen atoms in total. The molecule has 7 heteroatoms. The molecular formula is C20H23NO5S. The van der Waals surface area contributed by atoms with E-state index in [0.717, 1.165) is 23.6 Å². The molecule has 1 aromatic carbocycles. The van der Waals surface area contributed by atoms with Crippen molar-refractivity contribution in [1.29, 1.82) is 0 Å². The van der Waals surface area contributed by atoms with E-state index in [0.29, 0.717) is 29.9 Å². The van der Waals surface area contributed by atoms with E-state index in [1.54, 1.807) is 18.2 Å². The van der Waals surface area contributed by atoms with Crippen molar-refractivity contribution >= 4 is 23.5 Å². The van der Waals surface area contributed by atoms with Crippen molar-refractivity contribution in [3.05, 3.63) is 47.2 Å². The summed E-state index contributed by atoms with van der Waals surface area (Å²) in [5.41, 5.74) is 1.15. The number of carboxylic acid groups (broad SMARTS) is 1. The average Bonchev–Trinajstić information content (AvgIpc) is 2.64. The number of phenols is 1. The number of carbonyl (C=O) groups is 2. The maximum absolute atomic E-state index is 11.6. The minimum Gasteiger partial charge on any atom is -0.507 e. The summed E-state index contributed by atoms with van der Waals surface area (Å²) in [5.74, 6) is 0.218. The van der Waals surface area contributed by atoms with Crippen molar-refractivity contribution in [1.82, 2.24) is 4.98 Å². The largest absolute Gasteiger partial charge is 0.507 e. The number of Topliss-reactive ketones (excluding diaryl/α,β-unsaturated/α-hetero) is 1. The third-order valence-electron chi connectivity index (χ3n) is 3.90. The second-order valence-corrected chi connectivity index (χ2v) is 7.10. The number of rotatable bonds is 10.